The van der Waals surface area contributed by atoms with Crippen molar-refractivity contribution in [1.82, 2.24) is 0 Å². The van der Waals surface area contributed by atoms with E-state index in [4.69, 9.17) is 5.11 Å². The molecule has 0 radical (unpaired) electrons. The van der Waals surface area contributed by atoms with Crippen molar-refractivity contribution in [3.8, 4) is 0 Å². The van der Waals surface area contributed by atoms with Crippen molar-refractivity contribution in [1.29, 1.82) is 0 Å². The predicted octanol–water partition coefficient (Wildman–Crippen LogP) is 2.08. The first-order valence-corrected chi connectivity index (χ1v) is 5.46. The Bertz CT molecular complexity index is 292. The molecular weight excluding hydrogens is 200 g/mol. The van der Waals surface area contributed by atoms with Crippen molar-refractivity contribution < 1.29 is 14.7 Å². The number of thioether (sulfide) groups is 1. The van der Waals surface area contributed by atoms with Gasteiger partial charge in [0.2, 0.25) is 0 Å². The summed E-state index contributed by atoms with van der Waals surface area (Å²) in [5.41, 5.74) is -0.0212. The van der Waals surface area contributed by atoms with Crippen molar-refractivity contribution in [3.63, 3.8) is 0 Å². The van der Waals surface area contributed by atoms with Gasteiger partial charge in [0.25, 0.3) is 0 Å². The average molecular weight is 214 g/mol. The Balaban J connectivity index is 2.60. The van der Waals surface area contributed by atoms with Crippen molar-refractivity contribution in [3.05, 3.63) is 11.0 Å². The number of ketones is 1. The molecule has 0 spiro atoms. The molecule has 1 aliphatic rings. The number of rotatable bonds is 3. The minimum absolute atomic E-state index is 0.0212. The lowest BCUT2D eigenvalue weighted by Crippen LogP contribution is -2.21. The molecular formula is C10H14O3S. The lowest BCUT2D eigenvalue weighted by molar-refractivity contribution is -0.134. The van der Waals surface area contributed by atoms with E-state index in [1.54, 1.807) is 6.08 Å². The smallest absolute Gasteiger partial charge is 0.313 e. The summed E-state index contributed by atoms with van der Waals surface area (Å²) in [5.74, 6) is -0.698. The molecule has 1 N–H and O–H groups in total. The highest BCUT2D eigenvalue weighted by molar-refractivity contribution is 8.03. The summed E-state index contributed by atoms with van der Waals surface area (Å²) in [6.07, 6.45) is 2.94. The van der Waals surface area contributed by atoms with Crippen LogP contribution in [-0.4, -0.2) is 22.6 Å². The number of allylic oxidation sites excluding steroid dienone is 2. The maximum atomic E-state index is 11.3. The van der Waals surface area contributed by atoms with Crippen LogP contribution in [0.2, 0.25) is 0 Å². The van der Waals surface area contributed by atoms with Gasteiger partial charge in [-0.05, 0) is 22.8 Å². The molecule has 0 amide bonds. The minimum Gasteiger partial charge on any atom is -0.481 e. The first kappa shape index (κ1) is 11.3. The number of carbonyl (C=O) groups excluding carboxylic acids is 1. The molecule has 0 saturated carbocycles. The summed E-state index contributed by atoms with van der Waals surface area (Å²) in [6.45, 7) is 4.05. The molecule has 0 unspecified atom stereocenters. The molecule has 0 saturated heterocycles. The standard InChI is InChI=1S/C10H14O3S/c1-10(2)4-7(11)3-8(5-10)14-6-9(12)13/h3H,4-6H2,1-2H3,(H,12,13). The first-order chi connectivity index (χ1) is 6.39. The Morgan fingerprint density at radius 1 is 1.57 bits per heavy atom. The molecule has 0 fully saturated rings. The Kier molecular flexibility index (Phi) is 3.37. The molecule has 4 heteroatoms. The van der Waals surface area contributed by atoms with Crippen LogP contribution < -0.4 is 0 Å². The first-order valence-electron chi connectivity index (χ1n) is 4.47. The van der Waals surface area contributed by atoms with E-state index in [1.165, 1.54) is 11.8 Å². The van der Waals surface area contributed by atoms with Crippen LogP contribution in [0.25, 0.3) is 0 Å². The Hall–Kier alpha value is -0.770. The van der Waals surface area contributed by atoms with Crippen LogP contribution in [0.5, 0.6) is 0 Å². The van der Waals surface area contributed by atoms with E-state index in [-0.39, 0.29) is 17.0 Å². The summed E-state index contributed by atoms with van der Waals surface area (Å²) in [4.78, 5) is 22.5. The summed E-state index contributed by atoms with van der Waals surface area (Å²) in [7, 11) is 0. The van der Waals surface area contributed by atoms with Crippen molar-refractivity contribution in [2.45, 2.75) is 26.7 Å². The van der Waals surface area contributed by atoms with Gasteiger partial charge >= 0.3 is 5.97 Å². The zero-order chi connectivity index (χ0) is 10.8. The van der Waals surface area contributed by atoms with Crippen LogP contribution in [0.15, 0.2) is 11.0 Å². The molecule has 0 bridgehead atoms. The molecule has 1 rings (SSSR count). The number of aliphatic carboxylic acids is 1. The molecule has 0 aromatic carbocycles. The van der Waals surface area contributed by atoms with Crippen molar-refractivity contribution >= 4 is 23.5 Å². The van der Waals surface area contributed by atoms with Gasteiger partial charge in [-0.3, -0.25) is 9.59 Å². The second-order valence-corrected chi connectivity index (χ2v) is 5.38. The normalized spacial score (nSPS) is 20.4. The van der Waals surface area contributed by atoms with Gasteiger partial charge in [-0.2, -0.15) is 0 Å². The van der Waals surface area contributed by atoms with E-state index in [2.05, 4.69) is 0 Å². The molecule has 14 heavy (non-hydrogen) atoms. The van der Waals surface area contributed by atoms with Crippen LogP contribution in [0.3, 0.4) is 0 Å². The average Bonchev–Trinajstić information content (AvgIpc) is 1.96. The third-order valence-corrected chi connectivity index (χ3v) is 3.03. The van der Waals surface area contributed by atoms with Gasteiger partial charge in [0.15, 0.2) is 5.78 Å². The SMILES string of the molecule is CC1(C)CC(=O)C=C(SCC(=O)O)C1. The molecule has 3 nitrogen and oxygen atoms in total. The maximum Gasteiger partial charge on any atom is 0.313 e. The second kappa shape index (κ2) is 4.17. The Labute approximate surface area is 87.6 Å². The third kappa shape index (κ3) is 3.54. The van der Waals surface area contributed by atoms with Gasteiger partial charge in [-0.1, -0.05) is 13.8 Å². The summed E-state index contributed by atoms with van der Waals surface area (Å²) >= 11 is 1.25. The molecule has 78 valence electrons. The van der Waals surface area contributed by atoms with Gasteiger partial charge < -0.3 is 5.11 Å². The molecule has 1 aliphatic carbocycles. The van der Waals surface area contributed by atoms with Gasteiger partial charge in [0, 0.05) is 6.42 Å². The van der Waals surface area contributed by atoms with Crippen molar-refractivity contribution in [2.24, 2.45) is 5.41 Å². The fourth-order valence-corrected chi connectivity index (χ4v) is 2.55. The van der Waals surface area contributed by atoms with Gasteiger partial charge in [0.05, 0.1) is 5.75 Å². The number of hydrogen-bond acceptors (Lipinski definition) is 3. The van der Waals surface area contributed by atoms with Crippen LogP contribution >= 0.6 is 11.8 Å². The quantitative estimate of drug-likeness (QED) is 0.781. The van der Waals surface area contributed by atoms with E-state index in [0.717, 1.165) is 11.3 Å². The van der Waals surface area contributed by atoms with Crippen LogP contribution in [-0.2, 0) is 9.59 Å². The monoisotopic (exact) mass is 214 g/mol. The zero-order valence-corrected chi connectivity index (χ0v) is 9.19. The molecule has 0 aromatic rings. The highest BCUT2D eigenvalue weighted by Gasteiger charge is 2.27. The number of carboxylic acid groups (broad SMARTS) is 1. The lowest BCUT2D eigenvalue weighted by atomic mass is 9.80. The van der Waals surface area contributed by atoms with Crippen LogP contribution in [0.1, 0.15) is 26.7 Å². The Morgan fingerprint density at radius 3 is 2.71 bits per heavy atom. The van der Waals surface area contributed by atoms with E-state index in [9.17, 15) is 9.59 Å². The fourth-order valence-electron chi connectivity index (χ4n) is 1.53. The predicted molar refractivity (Wildman–Crippen MR) is 56.2 cm³/mol. The lowest BCUT2D eigenvalue weighted by Gasteiger charge is -2.28. The summed E-state index contributed by atoms with van der Waals surface area (Å²) < 4.78 is 0. The highest BCUT2D eigenvalue weighted by Crippen LogP contribution is 2.38. The maximum absolute atomic E-state index is 11.3. The van der Waals surface area contributed by atoms with Gasteiger partial charge in [-0.25, -0.2) is 0 Å². The van der Waals surface area contributed by atoms with Gasteiger partial charge in [-0.15, -0.1) is 11.8 Å². The minimum atomic E-state index is -0.841. The topological polar surface area (TPSA) is 54.4 Å². The summed E-state index contributed by atoms with van der Waals surface area (Å²) in [5, 5.41) is 8.51. The summed E-state index contributed by atoms with van der Waals surface area (Å²) in [6, 6.07) is 0. The largest absolute Gasteiger partial charge is 0.481 e. The van der Waals surface area contributed by atoms with Crippen LogP contribution in [0, 0.1) is 5.41 Å². The second-order valence-electron chi connectivity index (χ2n) is 4.28. The van der Waals surface area contributed by atoms with Crippen LogP contribution in [0.4, 0.5) is 0 Å². The van der Waals surface area contributed by atoms with E-state index >= 15 is 0 Å². The molecule has 0 aliphatic heterocycles. The van der Waals surface area contributed by atoms with E-state index in [0.29, 0.717) is 6.42 Å². The Morgan fingerprint density at radius 2 is 2.21 bits per heavy atom. The number of carboxylic acids is 1. The molecule has 0 heterocycles. The number of hydrogen-bond donors (Lipinski definition) is 1. The zero-order valence-electron chi connectivity index (χ0n) is 8.37. The van der Waals surface area contributed by atoms with Crippen molar-refractivity contribution in [2.75, 3.05) is 5.75 Å². The fraction of sp³-hybridized carbons (Fsp3) is 0.600. The van der Waals surface area contributed by atoms with E-state index < -0.39 is 5.97 Å². The van der Waals surface area contributed by atoms with E-state index in [1.807, 2.05) is 13.8 Å². The van der Waals surface area contributed by atoms with Gasteiger partial charge in [0.1, 0.15) is 0 Å². The number of carbonyl (C=O) groups is 2. The molecule has 0 aromatic heterocycles. The molecule has 0 atom stereocenters. The highest BCUT2D eigenvalue weighted by atomic mass is 32.2. The third-order valence-electron chi connectivity index (χ3n) is 2.01.